The molecule has 0 saturated carbocycles. The molecule has 1 aromatic carbocycles. The van der Waals surface area contributed by atoms with E-state index in [1.807, 2.05) is 0 Å². The van der Waals surface area contributed by atoms with Crippen LogP contribution < -0.4 is 0 Å². The average molecular weight is 659 g/mol. The molecular weight excluding hydrogens is 632 g/mol. The molecule has 0 heterocycles. The topological polar surface area (TPSA) is 0 Å². The van der Waals surface area contributed by atoms with Gasteiger partial charge in [0.15, 0.2) is 0 Å². The van der Waals surface area contributed by atoms with Crippen LogP contribution >= 0.6 is 79.4 Å². The van der Waals surface area contributed by atoms with Crippen LogP contribution in [0.4, 0.5) is 0 Å². The number of rotatable bonds is 10. The van der Waals surface area contributed by atoms with E-state index in [2.05, 4.69) is 81.6 Å². The van der Waals surface area contributed by atoms with E-state index in [0.717, 1.165) is 5.02 Å². The quantitative estimate of drug-likeness (QED) is 0.103. The molecule has 0 nitrogen and oxygen atoms in total. The summed E-state index contributed by atoms with van der Waals surface area (Å²) in [5, 5.41) is 0.984. The lowest BCUT2D eigenvalue weighted by Crippen LogP contribution is -2.04. The van der Waals surface area contributed by atoms with Crippen molar-refractivity contribution in [1.29, 1.82) is 0 Å². The van der Waals surface area contributed by atoms with Crippen molar-refractivity contribution in [3.8, 4) is 0 Å². The van der Waals surface area contributed by atoms with E-state index >= 15 is 0 Å². The molecule has 0 fully saturated rings. The van der Waals surface area contributed by atoms with E-state index in [1.54, 1.807) is 0 Å². The summed E-state index contributed by atoms with van der Waals surface area (Å²) >= 11 is 14.1. The van der Waals surface area contributed by atoms with Gasteiger partial charge >= 0.3 is 0 Å². The van der Waals surface area contributed by atoms with Crippen molar-refractivity contribution in [2.45, 2.75) is 78.1 Å². The molecule has 0 atom stereocenters. The molecule has 0 bridgehead atoms. The second-order valence-electron chi connectivity index (χ2n) is 5.83. The molecule has 22 heavy (non-hydrogen) atoms. The third-order valence-electron chi connectivity index (χ3n) is 4.01. The lowest BCUT2D eigenvalue weighted by atomic mass is 10.0. The first-order chi connectivity index (χ1) is 10.5. The first-order valence-corrected chi connectivity index (χ1v) is 12.0. The highest BCUT2D eigenvalue weighted by Gasteiger charge is 2.18. The van der Waals surface area contributed by atoms with Gasteiger partial charge in [0.1, 0.15) is 0 Å². The zero-order valence-corrected chi connectivity index (χ0v) is 20.8. The fourth-order valence-corrected chi connectivity index (χ4v) is 7.11. The largest absolute Gasteiger partial charge is 0.0820 e. The zero-order valence-electron chi connectivity index (χ0n) is 13.6. The predicted molar refractivity (Wildman–Crippen MR) is 125 cm³/mol. The van der Waals surface area contributed by atoms with Gasteiger partial charge in [-0.2, -0.15) is 0 Å². The van der Waals surface area contributed by atoms with Crippen LogP contribution in [0.2, 0.25) is 5.02 Å². The van der Waals surface area contributed by atoms with Crippen molar-refractivity contribution in [3.63, 3.8) is 0 Å². The Morgan fingerprint density at radius 1 is 0.636 bits per heavy atom. The standard InChI is InChI=1S/C18H26ClI3/c1-3-5-7-9-11-13-16(20)14(12-10-8-6-4-2)18(22)15(19)17(13)21/h3-12H2,1-2H3. The molecule has 0 unspecified atom stereocenters. The minimum absolute atomic E-state index is 0.984. The first-order valence-electron chi connectivity index (χ1n) is 8.38. The molecule has 1 aromatic rings. The summed E-state index contributed by atoms with van der Waals surface area (Å²) in [4.78, 5) is 0. The van der Waals surface area contributed by atoms with Gasteiger partial charge in [-0.05, 0) is 105 Å². The monoisotopic (exact) mass is 658 g/mol. The predicted octanol–water partition coefficient (Wildman–Crippen LogP) is 8.40. The Morgan fingerprint density at radius 3 is 1.41 bits per heavy atom. The maximum Gasteiger partial charge on any atom is 0.0679 e. The molecule has 0 aromatic heterocycles. The van der Waals surface area contributed by atoms with E-state index in [0.29, 0.717) is 0 Å². The summed E-state index contributed by atoms with van der Waals surface area (Å²) in [7, 11) is 0. The number of hydrogen-bond acceptors (Lipinski definition) is 0. The van der Waals surface area contributed by atoms with Gasteiger partial charge < -0.3 is 0 Å². The van der Waals surface area contributed by atoms with Gasteiger partial charge in [0, 0.05) is 10.7 Å². The number of benzene rings is 1. The zero-order chi connectivity index (χ0) is 16.5. The van der Waals surface area contributed by atoms with Crippen molar-refractivity contribution in [2.75, 3.05) is 0 Å². The molecule has 0 spiro atoms. The summed E-state index contributed by atoms with van der Waals surface area (Å²) in [5.74, 6) is 0. The minimum Gasteiger partial charge on any atom is -0.0820 e. The number of hydrogen-bond donors (Lipinski definition) is 0. The van der Waals surface area contributed by atoms with Crippen molar-refractivity contribution >= 4 is 79.4 Å². The van der Waals surface area contributed by atoms with Crippen molar-refractivity contribution in [2.24, 2.45) is 0 Å². The van der Waals surface area contributed by atoms with E-state index in [4.69, 9.17) is 11.6 Å². The van der Waals surface area contributed by atoms with Crippen LogP contribution in [0.1, 0.15) is 76.3 Å². The fourth-order valence-electron chi connectivity index (χ4n) is 2.63. The van der Waals surface area contributed by atoms with E-state index in [1.165, 1.54) is 86.0 Å². The van der Waals surface area contributed by atoms with Crippen LogP contribution in [0, 0.1) is 10.7 Å². The van der Waals surface area contributed by atoms with Gasteiger partial charge in [0.25, 0.3) is 0 Å². The lowest BCUT2D eigenvalue weighted by molar-refractivity contribution is 0.657. The SMILES string of the molecule is CCCCCCc1c(I)c(Cl)c(I)c(CCCCCC)c1I. The summed E-state index contributed by atoms with van der Waals surface area (Å²) in [6.07, 6.45) is 12.9. The lowest BCUT2D eigenvalue weighted by Gasteiger charge is -2.17. The van der Waals surface area contributed by atoms with Gasteiger partial charge in [-0.1, -0.05) is 64.0 Å². The molecule has 126 valence electrons. The van der Waals surface area contributed by atoms with Gasteiger partial charge in [-0.15, -0.1) is 0 Å². The van der Waals surface area contributed by atoms with Crippen LogP contribution in [0.5, 0.6) is 0 Å². The third kappa shape index (κ3) is 6.54. The van der Waals surface area contributed by atoms with Crippen molar-refractivity contribution in [1.82, 2.24) is 0 Å². The van der Waals surface area contributed by atoms with E-state index in [-0.39, 0.29) is 0 Å². The Balaban J connectivity index is 2.89. The normalized spacial score (nSPS) is 11.2. The van der Waals surface area contributed by atoms with Gasteiger partial charge in [0.2, 0.25) is 0 Å². The van der Waals surface area contributed by atoms with Crippen LogP contribution in [-0.2, 0) is 12.8 Å². The number of halogens is 4. The fraction of sp³-hybridized carbons (Fsp3) is 0.667. The van der Waals surface area contributed by atoms with Crippen molar-refractivity contribution < 1.29 is 0 Å². The molecule has 0 aliphatic heterocycles. The highest BCUT2D eigenvalue weighted by molar-refractivity contribution is 14.1. The van der Waals surface area contributed by atoms with Crippen LogP contribution in [-0.4, -0.2) is 0 Å². The summed E-state index contributed by atoms with van der Waals surface area (Å²) in [6.45, 7) is 4.54. The Bertz CT molecular complexity index is 433. The second kappa shape index (κ2) is 12.1. The smallest absolute Gasteiger partial charge is 0.0679 e. The molecule has 0 amide bonds. The third-order valence-corrected chi connectivity index (χ3v) is 8.70. The molecule has 4 heteroatoms. The van der Waals surface area contributed by atoms with Gasteiger partial charge in [-0.25, -0.2) is 0 Å². The van der Waals surface area contributed by atoms with Crippen LogP contribution in [0.3, 0.4) is 0 Å². The van der Waals surface area contributed by atoms with Crippen molar-refractivity contribution in [3.05, 3.63) is 26.9 Å². The Hall–Kier alpha value is 1.70. The Kier molecular flexibility index (Phi) is 12.0. The highest BCUT2D eigenvalue weighted by Crippen LogP contribution is 2.36. The maximum atomic E-state index is 6.62. The average Bonchev–Trinajstić information content (AvgIpc) is 2.51. The Morgan fingerprint density at radius 2 is 1.05 bits per heavy atom. The van der Waals surface area contributed by atoms with E-state index < -0.39 is 0 Å². The molecule has 0 saturated heterocycles. The van der Waals surface area contributed by atoms with E-state index in [9.17, 15) is 0 Å². The van der Waals surface area contributed by atoms with Gasteiger partial charge in [-0.3, -0.25) is 0 Å². The molecule has 0 aliphatic rings. The number of unbranched alkanes of at least 4 members (excludes halogenated alkanes) is 6. The van der Waals surface area contributed by atoms with Crippen LogP contribution in [0.25, 0.3) is 0 Å². The summed E-state index contributed by atoms with van der Waals surface area (Å²) in [6, 6.07) is 0. The molecule has 0 N–H and O–H groups in total. The Labute approximate surface area is 182 Å². The summed E-state index contributed by atoms with van der Waals surface area (Å²) in [5.41, 5.74) is 2.99. The molecule has 1 rings (SSSR count). The minimum atomic E-state index is 0.984. The second-order valence-corrected chi connectivity index (χ2v) is 9.45. The summed E-state index contributed by atoms with van der Waals surface area (Å²) < 4.78 is 4.03. The van der Waals surface area contributed by atoms with Gasteiger partial charge in [0.05, 0.1) is 5.02 Å². The molecule has 0 aliphatic carbocycles. The first kappa shape index (κ1) is 21.7. The highest BCUT2D eigenvalue weighted by atomic mass is 127. The maximum absolute atomic E-state index is 6.62. The molecular formula is C18H26ClI3. The molecule has 0 radical (unpaired) electrons. The van der Waals surface area contributed by atoms with Crippen LogP contribution in [0.15, 0.2) is 0 Å².